The molecule has 3 nitrogen and oxygen atoms in total. The molecule has 0 aliphatic heterocycles. The summed E-state index contributed by atoms with van der Waals surface area (Å²) < 4.78 is 3.01. The van der Waals surface area contributed by atoms with Gasteiger partial charge < -0.3 is 5.11 Å². The van der Waals surface area contributed by atoms with Crippen LogP contribution in [-0.4, -0.2) is 14.9 Å². The Bertz CT molecular complexity index is 673. The fourth-order valence-electron chi connectivity index (χ4n) is 1.74. The van der Waals surface area contributed by atoms with Gasteiger partial charge in [0, 0.05) is 15.2 Å². The number of aromatic hydroxyl groups is 1. The van der Waals surface area contributed by atoms with E-state index in [1.54, 1.807) is 12.1 Å². The van der Waals surface area contributed by atoms with E-state index in [1.807, 2.05) is 41.2 Å². The van der Waals surface area contributed by atoms with Crippen LogP contribution in [0.3, 0.4) is 0 Å². The number of hydrogen-bond donors (Lipinski definition) is 1. The lowest BCUT2D eigenvalue weighted by Crippen LogP contribution is -1.93. The Kier molecular flexibility index (Phi) is 2.51. The minimum atomic E-state index is 0.264. The molecule has 3 rings (SSSR count). The first-order valence-electron chi connectivity index (χ1n) is 5.17. The second-order valence-electron chi connectivity index (χ2n) is 3.79. The van der Waals surface area contributed by atoms with Gasteiger partial charge in [0.25, 0.3) is 0 Å². The van der Waals surface area contributed by atoms with Gasteiger partial charge in [0.15, 0.2) is 0 Å². The molecule has 0 unspecified atom stereocenters. The van der Waals surface area contributed by atoms with Gasteiger partial charge in [-0.05, 0) is 65.1 Å². The van der Waals surface area contributed by atoms with Crippen LogP contribution >= 0.6 is 22.6 Å². The van der Waals surface area contributed by atoms with Crippen molar-refractivity contribution in [3.8, 4) is 11.4 Å². The van der Waals surface area contributed by atoms with E-state index in [9.17, 15) is 5.11 Å². The van der Waals surface area contributed by atoms with Crippen molar-refractivity contribution in [2.24, 2.45) is 0 Å². The highest BCUT2D eigenvalue weighted by Crippen LogP contribution is 2.20. The van der Waals surface area contributed by atoms with Crippen LogP contribution < -0.4 is 0 Å². The van der Waals surface area contributed by atoms with Gasteiger partial charge in [-0.1, -0.05) is 0 Å². The largest absolute Gasteiger partial charge is 0.508 e. The van der Waals surface area contributed by atoms with Crippen molar-refractivity contribution >= 4 is 33.5 Å². The zero-order chi connectivity index (χ0) is 11.8. The second kappa shape index (κ2) is 4.03. The summed E-state index contributed by atoms with van der Waals surface area (Å²) >= 11 is 2.27. The van der Waals surface area contributed by atoms with Crippen molar-refractivity contribution in [2.75, 3.05) is 0 Å². The maximum atomic E-state index is 9.41. The highest BCUT2D eigenvalue weighted by Gasteiger charge is 2.03. The molecule has 1 N–H and O–H groups in total. The van der Waals surface area contributed by atoms with Gasteiger partial charge in [-0.15, -0.1) is 0 Å². The molecule has 0 atom stereocenters. The highest BCUT2D eigenvalue weighted by molar-refractivity contribution is 14.1. The number of benzene rings is 2. The number of phenolic OH excluding ortho intramolecular Hbond substituents is 1. The van der Waals surface area contributed by atoms with Crippen LogP contribution in [0.5, 0.6) is 5.75 Å². The average molecular weight is 336 g/mol. The van der Waals surface area contributed by atoms with Crippen molar-refractivity contribution < 1.29 is 5.11 Å². The third-order valence-corrected chi connectivity index (χ3v) is 3.30. The van der Waals surface area contributed by atoms with Crippen LogP contribution in [-0.2, 0) is 0 Å². The number of rotatable bonds is 1. The molecule has 0 amide bonds. The van der Waals surface area contributed by atoms with Crippen LogP contribution in [0.4, 0.5) is 0 Å². The zero-order valence-corrected chi connectivity index (χ0v) is 11.0. The Morgan fingerprint density at radius 1 is 1.06 bits per heavy atom. The molecule has 3 aromatic rings. The molecule has 0 radical (unpaired) electrons. The smallest absolute Gasteiger partial charge is 0.116 e. The Hall–Kier alpha value is -1.56. The molecule has 0 saturated heterocycles. The summed E-state index contributed by atoms with van der Waals surface area (Å²) in [5, 5.41) is 14.8. The van der Waals surface area contributed by atoms with Gasteiger partial charge in [0.05, 0.1) is 11.2 Å². The topological polar surface area (TPSA) is 38.1 Å². The molecule has 2 aromatic carbocycles. The molecule has 0 bridgehead atoms. The Morgan fingerprint density at radius 3 is 2.59 bits per heavy atom. The van der Waals surface area contributed by atoms with Crippen LogP contribution in [0.2, 0.25) is 0 Å². The van der Waals surface area contributed by atoms with Crippen molar-refractivity contribution in [1.82, 2.24) is 9.78 Å². The first-order chi connectivity index (χ1) is 8.22. The molecule has 0 aliphatic carbocycles. The third-order valence-electron chi connectivity index (χ3n) is 2.58. The number of hydrogen-bond acceptors (Lipinski definition) is 2. The molecule has 1 heterocycles. The lowest BCUT2D eigenvalue weighted by molar-refractivity contribution is 0.476. The van der Waals surface area contributed by atoms with Crippen molar-refractivity contribution in [2.45, 2.75) is 0 Å². The molecular weight excluding hydrogens is 327 g/mol. The SMILES string of the molecule is Oc1ccc2nn(-c3ccc(I)cc3)cc2c1. The van der Waals surface area contributed by atoms with E-state index in [4.69, 9.17) is 0 Å². The monoisotopic (exact) mass is 336 g/mol. The van der Waals surface area contributed by atoms with Crippen molar-refractivity contribution in [3.05, 3.63) is 52.2 Å². The second-order valence-corrected chi connectivity index (χ2v) is 5.04. The number of halogens is 1. The summed E-state index contributed by atoms with van der Waals surface area (Å²) in [7, 11) is 0. The van der Waals surface area contributed by atoms with Crippen molar-refractivity contribution in [1.29, 1.82) is 0 Å². The minimum absolute atomic E-state index is 0.264. The van der Waals surface area contributed by atoms with Gasteiger partial charge in [-0.25, -0.2) is 4.68 Å². The van der Waals surface area contributed by atoms with Crippen LogP contribution in [0, 0.1) is 3.57 Å². The summed E-state index contributed by atoms with van der Waals surface area (Å²) in [6.45, 7) is 0. The molecule has 0 spiro atoms. The Morgan fingerprint density at radius 2 is 1.82 bits per heavy atom. The van der Waals surface area contributed by atoms with E-state index in [2.05, 4.69) is 27.7 Å². The third kappa shape index (κ3) is 2.00. The zero-order valence-electron chi connectivity index (χ0n) is 8.84. The van der Waals surface area contributed by atoms with Crippen molar-refractivity contribution in [3.63, 3.8) is 0 Å². The maximum absolute atomic E-state index is 9.41. The summed E-state index contributed by atoms with van der Waals surface area (Å²) in [6.07, 6.45) is 1.91. The van der Waals surface area contributed by atoms with Gasteiger partial charge in [0.1, 0.15) is 5.75 Å². The summed E-state index contributed by atoms with van der Waals surface area (Å²) in [5.74, 6) is 0.264. The maximum Gasteiger partial charge on any atom is 0.116 e. The molecule has 0 saturated carbocycles. The number of nitrogens with zero attached hydrogens (tertiary/aromatic N) is 2. The standard InChI is InChI=1S/C13H9IN2O/c14-10-1-3-11(4-2-10)16-8-9-7-12(17)5-6-13(9)15-16/h1-8,17H. The number of phenols is 1. The van der Waals surface area contributed by atoms with Crippen LogP contribution in [0.25, 0.3) is 16.6 Å². The minimum Gasteiger partial charge on any atom is -0.508 e. The quantitative estimate of drug-likeness (QED) is 0.692. The normalized spacial score (nSPS) is 10.9. The van der Waals surface area contributed by atoms with Crippen LogP contribution in [0.15, 0.2) is 48.7 Å². The first-order valence-corrected chi connectivity index (χ1v) is 6.24. The van der Waals surface area contributed by atoms with Gasteiger partial charge in [-0.3, -0.25) is 0 Å². The Labute approximate surface area is 112 Å². The van der Waals surface area contributed by atoms with E-state index in [1.165, 1.54) is 3.57 Å². The molecule has 17 heavy (non-hydrogen) atoms. The fraction of sp³-hybridized carbons (Fsp3) is 0. The van der Waals surface area contributed by atoms with E-state index < -0.39 is 0 Å². The summed E-state index contributed by atoms with van der Waals surface area (Å²) in [5.41, 5.74) is 1.89. The Balaban J connectivity index is 2.14. The van der Waals surface area contributed by atoms with E-state index >= 15 is 0 Å². The van der Waals surface area contributed by atoms with Gasteiger partial charge in [-0.2, -0.15) is 5.10 Å². The van der Waals surface area contributed by atoms with E-state index in [-0.39, 0.29) is 5.75 Å². The lowest BCUT2D eigenvalue weighted by atomic mass is 10.2. The fourth-order valence-corrected chi connectivity index (χ4v) is 2.10. The first kappa shape index (κ1) is 10.6. The average Bonchev–Trinajstić information content (AvgIpc) is 2.72. The molecular formula is C13H9IN2O. The molecule has 84 valence electrons. The molecule has 4 heteroatoms. The molecule has 1 aromatic heterocycles. The van der Waals surface area contributed by atoms with E-state index in [0.29, 0.717) is 0 Å². The van der Waals surface area contributed by atoms with Crippen LogP contribution in [0.1, 0.15) is 0 Å². The predicted octanol–water partition coefficient (Wildman–Crippen LogP) is 3.34. The lowest BCUT2D eigenvalue weighted by Gasteiger charge is -1.99. The molecule has 0 aliphatic rings. The van der Waals surface area contributed by atoms with Gasteiger partial charge in [0.2, 0.25) is 0 Å². The summed E-state index contributed by atoms with van der Waals surface area (Å²) in [4.78, 5) is 0. The van der Waals surface area contributed by atoms with E-state index in [0.717, 1.165) is 16.6 Å². The predicted molar refractivity (Wildman–Crippen MR) is 75.5 cm³/mol. The highest BCUT2D eigenvalue weighted by atomic mass is 127. The molecule has 0 fully saturated rings. The number of fused-ring (bicyclic) bond motifs is 1. The number of aromatic nitrogens is 2. The van der Waals surface area contributed by atoms with Gasteiger partial charge >= 0.3 is 0 Å². The summed E-state index contributed by atoms with van der Waals surface area (Å²) in [6, 6.07) is 13.3.